The number of carbonyl (C=O) groups is 1. The predicted molar refractivity (Wildman–Crippen MR) is 90.5 cm³/mol. The van der Waals surface area contributed by atoms with Crippen molar-refractivity contribution in [2.45, 2.75) is 24.3 Å². The van der Waals surface area contributed by atoms with Crippen LogP contribution < -0.4 is 10.5 Å². The number of nitrogens with two attached hydrogens (primary N) is 1. The third-order valence-corrected chi connectivity index (χ3v) is 5.35. The molecule has 1 aromatic heterocycles. The molecule has 0 aliphatic rings. The van der Waals surface area contributed by atoms with Crippen molar-refractivity contribution in [3.05, 3.63) is 50.6 Å². The largest absolute Gasteiger partial charge is 0.349 e. The average molecular weight is 403 g/mol. The fourth-order valence-corrected chi connectivity index (χ4v) is 3.62. The summed E-state index contributed by atoms with van der Waals surface area (Å²) in [5.74, 6) is -0.347. The first kappa shape index (κ1) is 17.1. The molecule has 0 saturated heterocycles. The van der Waals surface area contributed by atoms with Crippen LogP contribution in [0.5, 0.6) is 0 Å². The third kappa shape index (κ3) is 4.39. The summed E-state index contributed by atoms with van der Waals surface area (Å²) in [6.45, 7) is 1.90. The van der Waals surface area contributed by atoms with Crippen LogP contribution in [-0.4, -0.2) is 20.4 Å². The molecule has 5 nitrogen and oxygen atoms in total. The second kappa shape index (κ2) is 6.91. The van der Waals surface area contributed by atoms with Crippen LogP contribution in [0.3, 0.4) is 0 Å². The fourth-order valence-electron chi connectivity index (χ4n) is 1.97. The maximum absolute atomic E-state index is 12.3. The molecule has 3 N–H and O–H groups in total. The monoisotopic (exact) mass is 402 g/mol. The lowest BCUT2D eigenvalue weighted by Gasteiger charge is -2.14. The first-order valence-corrected chi connectivity index (χ1v) is 9.70. The van der Waals surface area contributed by atoms with E-state index in [4.69, 9.17) is 5.14 Å². The highest BCUT2D eigenvalue weighted by Gasteiger charge is 2.17. The Morgan fingerprint density at radius 2 is 2.14 bits per heavy atom. The van der Waals surface area contributed by atoms with Gasteiger partial charge in [0.15, 0.2) is 0 Å². The molecule has 0 saturated carbocycles. The van der Waals surface area contributed by atoms with E-state index in [1.807, 2.05) is 23.8 Å². The number of rotatable bonds is 5. The van der Waals surface area contributed by atoms with E-state index in [-0.39, 0.29) is 22.4 Å². The van der Waals surface area contributed by atoms with Crippen molar-refractivity contribution in [1.82, 2.24) is 5.32 Å². The van der Waals surface area contributed by atoms with Gasteiger partial charge in [-0.1, -0.05) is 0 Å². The maximum Gasteiger partial charge on any atom is 0.252 e. The Bertz CT molecular complexity index is 773. The second-order valence-corrected chi connectivity index (χ2v) is 8.09. The zero-order chi connectivity index (χ0) is 16.3. The third-order valence-electron chi connectivity index (χ3n) is 3.01. The van der Waals surface area contributed by atoms with Crippen LogP contribution in [0.25, 0.3) is 0 Å². The van der Waals surface area contributed by atoms with Gasteiger partial charge in [0.05, 0.1) is 10.5 Å². The number of sulfonamides is 1. The van der Waals surface area contributed by atoms with Crippen LogP contribution in [-0.2, 0) is 16.4 Å². The molecule has 2 rings (SSSR count). The van der Waals surface area contributed by atoms with Gasteiger partial charge in [0.1, 0.15) is 0 Å². The number of carbonyl (C=O) groups excluding carboxylic acids is 1. The van der Waals surface area contributed by atoms with E-state index < -0.39 is 10.0 Å². The van der Waals surface area contributed by atoms with E-state index in [9.17, 15) is 13.2 Å². The van der Waals surface area contributed by atoms with E-state index in [2.05, 4.69) is 21.2 Å². The predicted octanol–water partition coefficient (Wildman–Crippen LogP) is 2.52. The molecule has 0 radical (unpaired) electrons. The lowest BCUT2D eigenvalue weighted by molar-refractivity contribution is 0.0939. The summed E-state index contributed by atoms with van der Waals surface area (Å²) in [5, 5.41) is 12.0. The molecule has 0 aliphatic carbocycles. The van der Waals surface area contributed by atoms with Crippen molar-refractivity contribution < 1.29 is 13.2 Å². The van der Waals surface area contributed by atoms with Crippen molar-refractivity contribution in [3.8, 4) is 0 Å². The van der Waals surface area contributed by atoms with Gasteiger partial charge in [-0.05, 0) is 69.9 Å². The van der Waals surface area contributed by atoms with Crippen LogP contribution in [0.15, 0.2) is 44.4 Å². The Morgan fingerprint density at radius 3 is 2.73 bits per heavy atom. The molecule has 2 aromatic rings. The molecule has 22 heavy (non-hydrogen) atoms. The van der Waals surface area contributed by atoms with Crippen molar-refractivity contribution >= 4 is 43.2 Å². The minimum atomic E-state index is -3.84. The minimum Gasteiger partial charge on any atom is -0.349 e. The molecular weight excluding hydrogens is 388 g/mol. The van der Waals surface area contributed by atoms with Gasteiger partial charge >= 0.3 is 0 Å². The Balaban J connectivity index is 2.15. The van der Waals surface area contributed by atoms with E-state index in [1.165, 1.54) is 18.2 Å². The van der Waals surface area contributed by atoms with E-state index in [0.29, 0.717) is 10.9 Å². The second-order valence-electron chi connectivity index (χ2n) is 4.90. The van der Waals surface area contributed by atoms with Gasteiger partial charge in [-0.25, -0.2) is 13.6 Å². The highest BCUT2D eigenvalue weighted by atomic mass is 79.9. The summed E-state index contributed by atoms with van der Waals surface area (Å²) in [5.41, 5.74) is 1.39. The summed E-state index contributed by atoms with van der Waals surface area (Å²) < 4.78 is 23.3. The Hall–Kier alpha value is -1.22. The summed E-state index contributed by atoms with van der Waals surface area (Å²) in [6, 6.07) is 6.05. The van der Waals surface area contributed by atoms with E-state index in [0.717, 1.165) is 5.56 Å². The van der Waals surface area contributed by atoms with Gasteiger partial charge in [0.25, 0.3) is 5.91 Å². The summed E-state index contributed by atoms with van der Waals surface area (Å²) in [7, 11) is -3.84. The number of primary sulfonamides is 1. The molecule has 1 heterocycles. The highest BCUT2D eigenvalue weighted by molar-refractivity contribution is 9.10. The smallest absolute Gasteiger partial charge is 0.252 e. The molecule has 1 aromatic carbocycles. The SMILES string of the molecule is CC(Cc1ccsc1)NC(=O)c1cc(S(N)(=O)=O)ccc1Br. The van der Waals surface area contributed by atoms with Gasteiger partial charge in [0, 0.05) is 10.5 Å². The Labute approximate surface area is 141 Å². The quantitative estimate of drug-likeness (QED) is 0.804. The van der Waals surface area contributed by atoms with Crippen LogP contribution in [0.2, 0.25) is 0 Å². The number of nitrogens with one attached hydrogen (secondary N) is 1. The van der Waals surface area contributed by atoms with Gasteiger partial charge < -0.3 is 5.32 Å². The normalized spacial score (nSPS) is 12.9. The zero-order valence-corrected chi connectivity index (χ0v) is 15.0. The summed E-state index contributed by atoms with van der Waals surface area (Å²) in [6.07, 6.45) is 0.710. The average Bonchev–Trinajstić information content (AvgIpc) is 2.90. The lowest BCUT2D eigenvalue weighted by atomic mass is 10.1. The summed E-state index contributed by atoms with van der Waals surface area (Å²) >= 11 is 4.86. The molecular formula is C14H15BrN2O3S2. The van der Waals surface area contributed by atoms with Crippen molar-refractivity contribution in [2.75, 3.05) is 0 Å². The zero-order valence-electron chi connectivity index (χ0n) is 11.7. The van der Waals surface area contributed by atoms with Crippen molar-refractivity contribution in [1.29, 1.82) is 0 Å². The van der Waals surface area contributed by atoms with E-state index in [1.54, 1.807) is 11.3 Å². The maximum atomic E-state index is 12.3. The first-order chi connectivity index (χ1) is 10.3. The van der Waals surface area contributed by atoms with Gasteiger partial charge in [0.2, 0.25) is 10.0 Å². The fraction of sp³-hybridized carbons (Fsp3) is 0.214. The molecule has 118 valence electrons. The number of hydrogen-bond acceptors (Lipinski definition) is 4. The van der Waals surface area contributed by atoms with Crippen LogP contribution in [0.4, 0.5) is 0 Å². The van der Waals surface area contributed by atoms with Crippen LogP contribution >= 0.6 is 27.3 Å². The lowest BCUT2D eigenvalue weighted by Crippen LogP contribution is -2.34. The Morgan fingerprint density at radius 1 is 1.41 bits per heavy atom. The number of hydrogen-bond donors (Lipinski definition) is 2. The number of halogens is 1. The summed E-state index contributed by atoms with van der Waals surface area (Å²) in [4.78, 5) is 12.2. The van der Waals surface area contributed by atoms with Crippen molar-refractivity contribution in [3.63, 3.8) is 0 Å². The molecule has 1 amide bonds. The van der Waals surface area contributed by atoms with Crippen LogP contribution in [0, 0.1) is 0 Å². The molecule has 1 atom stereocenters. The highest BCUT2D eigenvalue weighted by Crippen LogP contribution is 2.20. The van der Waals surface area contributed by atoms with Gasteiger partial charge in [-0.2, -0.15) is 11.3 Å². The molecule has 0 bridgehead atoms. The van der Waals surface area contributed by atoms with Gasteiger partial charge in [-0.15, -0.1) is 0 Å². The number of thiophene rings is 1. The number of amides is 1. The van der Waals surface area contributed by atoms with Crippen LogP contribution in [0.1, 0.15) is 22.8 Å². The molecule has 0 fully saturated rings. The topological polar surface area (TPSA) is 89.3 Å². The number of benzene rings is 1. The molecule has 0 aliphatic heterocycles. The van der Waals surface area contributed by atoms with E-state index >= 15 is 0 Å². The first-order valence-electron chi connectivity index (χ1n) is 6.41. The van der Waals surface area contributed by atoms with Gasteiger partial charge in [-0.3, -0.25) is 4.79 Å². The molecule has 1 unspecified atom stereocenters. The minimum absolute atomic E-state index is 0.0767. The molecule has 8 heteroatoms. The standard InChI is InChI=1S/C14H15BrN2O3S2/c1-9(6-10-4-5-21-8-10)17-14(18)12-7-11(22(16,19)20)2-3-13(12)15/h2-5,7-9H,6H2,1H3,(H,17,18)(H2,16,19,20). The molecule has 0 spiro atoms. The van der Waals surface area contributed by atoms with Crippen molar-refractivity contribution in [2.24, 2.45) is 5.14 Å². The Kier molecular flexibility index (Phi) is 5.38.